The SMILES string of the molecule is O=C(C1CCCN(C2=NS(=O)(=O)c3ccccc32)C1)N1CCN(CC2CCCCC2)CC1. The highest BCUT2D eigenvalue weighted by atomic mass is 32.2. The molecule has 1 amide bonds. The molecule has 8 heteroatoms. The van der Waals surface area contributed by atoms with Crippen molar-refractivity contribution in [2.45, 2.75) is 49.8 Å². The Bertz CT molecular complexity index is 979. The van der Waals surface area contributed by atoms with E-state index in [9.17, 15) is 13.2 Å². The molecule has 7 nitrogen and oxygen atoms in total. The maximum Gasteiger partial charge on any atom is 0.285 e. The van der Waals surface area contributed by atoms with E-state index in [4.69, 9.17) is 0 Å². The van der Waals surface area contributed by atoms with E-state index < -0.39 is 10.0 Å². The van der Waals surface area contributed by atoms with Gasteiger partial charge in [0.25, 0.3) is 10.0 Å². The summed E-state index contributed by atoms with van der Waals surface area (Å²) < 4.78 is 29.0. The minimum Gasteiger partial charge on any atom is -0.355 e. The lowest BCUT2D eigenvalue weighted by Gasteiger charge is -2.40. The zero-order valence-corrected chi connectivity index (χ0v) is 19.6. The Morgan fingerprint density at radius 1 is 0.938 bits per heavy atom. The van der Waals surface area contributed by atoms with Crippen LogP contribution in [0.4, 0.5) is 0 Å². The number of benzene rings is 1. The normalized spacial score (nSPS) is 26.6. The highest BCUT2D eigenvalue weighted by molar-refractivity contribution is 7.90. The van der Waals surface area contributed by atoms with E-state index in [0.29, 0.717) is 17.9 Å². The molecule has 3 fully saturated rings. The van der Waals surface area contributed by atoms with Crippen LogP contribution in [0.25, 0.3) is 0 Å². The molecule has 1 atom stereocenters. The van der Waals surface area contributed by atoms with Crippen molar-refractivity contribution in [3.63, 3.8) is 0 Å². The first-order chi connectivity index (χ1) is 15.5. The van der Waals surface area contributed by atoms with Gasteiger partial charge in [-0.15, -0.1) is 4.40 Å². The minimum absolute atomic E-state index is 0.0909. The van der Waals surface area contributed by atoms with Crippen molar-refractivity contribution in [1.82, 2.24) is 14.7 Å². The fraction of sp³-hybridized carbons (Fsp3) is 0.667. The second-order valence-corrected chi connectivity index (χ2v) is 11.4. The predicted octanol–water partition coefficient (Wildman–Crippen LogP) is 2.57. The molecule has 1 aromatic carbocycles. The zero-order chi connectivity index (χ0) is 22.1. The summed E-state index contributed by atoms with van der Waals surface area (Å²) in [5.41, 5.74) is 0.664. The number of likely N-dealkylation sites (tertiary alicyclic amines) is 1. The van der Waals surface area contributed by atoms with E-state index in [1.165, 1.54) is 38.6 Å². The fourth-order valence-electron chi connectivity index (χ4n) is 5.83. The van der Waals surface area contributed by atoms with Crippen molar-refractivity contribution in [3.05, 3.63) is 29.8 Å². The summed E-state index contributed by atoms with van der Waals surface area (Å²) in [7, 11) is -3.64. The van der Waals surface area contributed by atoms with Crippen LogP contribution in [-0.2, 0) is 14.8 Å². The Morgan fingerprint density at radius 2 is 1.69 bits per heavy atom. The standard InChI is InChI=1S/C24H34N4O3S/c29-24(27-15-13-26(14-16-27)17-19-7-2-1-3-8-19)20-9-6-12-28(18-20)23-21-10-4-5-11-22(21)32(30,31)25-23/h4-5,10-11,19-20H,1-3,6-9,12-18H2. The van der Waals surface area contributed by atoms with Crippen molar-refractivity contribution in [1.29, 1.82) is 0 Å². The van der Waals surface area contributed by atoms with E-state index in [1.54, 1.807) is 12.1 Å². The zero-order valence-electron chi connectivity index (χ0n) is 18.8. The quantitative estimate of drug-likeness (QED) is 0.696. The van der Waals surface area contributed by atoms with E-state index in [0.717, 1.165) is 51.5 Å². The number of carbonyl (C=O) groups is 1. The summed E-state index contributed by atoms with van der Waals surface area (Å²) >= 11 is 0. The average molecular weight is 459 g/mol. The number of fused-ring (bicyclic) bond motifs is 1. The first kappa shape index (κ1) is 21.9. The number of sulfonamides is 1. The number of amides is 1. The Balaban J connectivity index is 1.19. The van der Waals surface area contributed by atoms with E-state index in [2.05, 4.69) is 9.30 Å². The molecule has 32 heavy (non-hydrogen) atoms. The van der Waals surface area contributed by atoms with Gasteiger partial charge in [0, 0.05) is 51.4 Å². The highest BCUT2D eigenvalue weighted by Crippen LogP contribution is 2.30. The summed E-state index contributed by atoms with van der Waals surface area (Å²) in [6.45, 7) is 6.02. The van der Waals surface area contributed by atoms with Crippen LogP contribution in [-0.4, -0.2) is 80.7 Å². The van der Waals surface area contributed by atoms with Gasteiger partial charge in [-0.25, -0.2) is 0 Å². The van der Waals surface area contributed by atoms with E-state index in [-0.39, 0.29) is 16.7 Å². The lowest BCUT2D eigenvalue weighted by atomic mass is 9.89. The maximum absolute atomic E-state index is 13.3. The van der Waals surface area contributed by atoms with Crippen LogP contribution in [0.5, 0.6) is 0 Å². The molecule has 174 valence electrons. The van der Waals surface area contributed by atoms with Crippen LogP contribution in [0.2, 0.25) is 0 Å². The van der Waals surface area contributed by atoms with Crippen LogP contribution in [0.3, 0.4) is 0 Å². The van der Waals surface area contributed by atoms with Gasteiger partial charge < -0.3 is 9.80 Å². The van der Waals surface area contributed by atoms with Gasteiger partial charge in [-0.05, 0) is 43.7 Å². The van der Waals surface area contributed by atoms with Gasteiger partial charge in [0.2, 0.25) is 5.91 Å². The van der Waals surface area contributed by atoms with Gasteiger partial charge in [0.1, 0.15) is 4.90 Å². The Kier molecular flexibility index (Phi) is 6.25. The third-order valence-electron chi connectivity index (χ3n) is 7.61. The molecule has 3 aliphatic heterocycles. The molecule has 1 saturated carbocycles. The number of carbonyl (C=O) groups excluding carboxylic acids is 1. The Hall–Kier alpha value is -1.93. The number of nitrogens with zero attached hydrogens (tertiary/aromatic N) is 4. The third kappa shape index (κ3) is 4.44. The predicted molar refractivity (Wildman–Crippen MR) is 124 cm³/mol. The van der Waals surface area contributed by atoms with Crippen molar-refractivity contribution in [3.8, 4) is 0 Å². The molecule has 0 aromatic heterocycles. The first-order valence-corrected chi connectivity index (χ1v) is 13.7. The lowest BCUT2D eigenvalue weighted by molar-refractivity contribution is -0.138. The summed E-state index contributed by atoms with van der Waals surface area (Å²) in [4.78, 5) is 20.2. The Morgan fingerprint density at radius 3 is 2.47 bits per heavy atom. The minimum atomic E-state index is -3.64. The molecule has 3 heterocycles. The lowest BCUT2D eigenvalue weighted by Crippen LogP contribution is -2.53. The summed E-state index contributed by atoms with van der Waals surface area (Å²) in [5.74, 6) is 1.48. The summed E-state index contributed by atoms with van der Waals surface area (Å²) in [5, 5.41) is 0. The molecule has 2 saturated heterocycles. The van der Waals surface area contributed by atoms with E-state index in [1.807, 2.05) is 21.9 Å². The van der Waals surface area contributed by atoms with Gasteiger partial charge in [-0.3, -0.25) is 9.69 Å². The maximum atomic E-state index is 13.3. The molecule has 0 N–H and O–H groups in total. The van der Waals surface area contributed by atoms with Crippen molar-refractivity contribution >= 4 is 21.8 Å². The van der Waals surface area contributed by atoms with Gasteiger partial charge >= 0.3 is 0 Å². The number of piperazine rings is 1. The van der Waals surface area contributed by atoms with Crippen LogP contribution in [0.1, 0.15) is 50.5 Å². The Labute approximate surface area is 191 Å². The van der Waals surface area contributed by atoms with Gasteiger partial charge in [-0.1, -0.05) is 31.4 Å². The van der Waals surface area contributed by atoms with E-state index >= 15 is 0 Å². The van der Waals surface area contributed by atoms with Crippen LogP contribution in [0, 0.1) is 11.8 Å². The van der Waals surface area contributed by atoms with Gasteiger partial charge in [0.05, 0.1) is 5.92 Å². The van der Waals surface area contributed by atoms with Crippen LogP contribution in [0.15, 0.2) is 33.6 Å². The smallest absolute Gasteiger partial charge is 0.285 e. The molecule has 4 aliphatic rings. The molecule has 1 aliphatic carbocycles. The number of hydrogen-bond donors (Lipinski definition) is 0. The summed E-state index contributed by atoms with van der Waals surface area (Å²) in [6, 6.07) is 7.00. The van der Waals surface area contributed by atoms with Crippen molar-refractivity contribution in [2.75, 3.05) is 45.8 Å². The number of hydrogen-bond acceptors (Lipinski definition) is 5. The largest absolute Gasteiger partial charge is 0.355 e. The molecular formula is C24H34N4O3S. The highest BCUT2D eigenvalue weighted by Gasteiger charge is 2.36. The van der Waals surface area contributed by atoms with Gasteiger partial charge in [0.15, 0.2) is 5.84 Å². The first-order valence-electron chi connectivity index (χ1n) is 12.2. The number of rotatable bonds is 3. The third-order valence-corrected chi connectivity index (χ3v) is 8.93. The monoisotopic (exact) mass is 458 g/mol. The fourth-order valence-corrected chi connectivity index (χ4v) is 7.06. The molecule has 1 unspecified atom stereocenters. The molecule has 1 aromatic rings. The molecule has 0 spiro atoms. The number of amidine groups is 1. The molecule has 5 rings (SSSR count). The second kappa shape index (κ2) is 9.14. The topological polar surface area (TPSA) is 73.3 Å². The molecular weight excluding hydrogens is 424 g/mol. The van der Waals surface area contributed by atoms with Gasteiger partial charge in [-0.2, -0.15) is 8.42 Å². The van der Waals surface area contributed by atoms with Crippen molar-refractivity contribution in [2.24, 2.45) is 16.2 Å². The number of piperidine rings is 1. The second-order valence-electron chi connectivity index (χ2n) is 9.80. The average Bonchev–Trinajstić information content (AvgIpc) is 3.11. The molecule has 0 bridgehead atoms. The van der Waals surface area contributed by atoms with Crippen molar-refractivity contribution < 1.29 is 13.2 Å². The van der Waals surface area contributed by atoms with Crippen LogP contribution >= 0.6 is 0 Å². The van der Waals surface area contributed by atoms with Crippen LogP contribution < -0.4 is 0 Å². The molecule has 0 radical (unpaired) electrons. The summed E-state index contributed by atoms with van der Waals surface area (Å²) in [6.07, 6.45) is 8.59.